The van der Waals surface area contributed by atoms with Gasteiger partial charge in [-0.25, -0.2) is 0 Å². The predicted molar refractivity (Wildman–Crippen MR) is 155 cm³/mol. The molecule has 1 heterocycles. The third-order valence-electron chi connectivity index (χ3n) is 6.30. The molecule has 9 heteroatoms. The maximum absolute atomic E-state index is 13.5. The number of fused-ring (bicyclic) bond motifs is 1. The molecule has 0 bridgehead atoms. The van der Waals surface area contributed by atoms with Crippen molar-refractivity contribution >= 4 is 38.3 Å². The van der Waals surface area contributed by atoms with E-state index in [1.807, 2.05) is 36.4 Å². The molecule has 0 spiro atoms. The van der Waals surface area contributed by atoms with Gasteiger partial charge in [0, 0.05) is 34.2 Å². The Balaban J connectivity index is 1.72. The number of rotatable bonds is 10. The van der Waals surface area contributed by atoms with Crippen molar-refractivity contribution in [2.45, 2.75) is 25.9 Å². The Kier molecular flexibility index (Phi) is 8.50. The lowest BCUT2D eigenvalue weighted by Crippen LogP contribution is -2.42. The van der Waals surface area contributed by atoms with Crippen LogP contribution in [0.5, 0.6) is 28.7 Å². The second-order valence-electron chi connectivity index (χ2n) is 9.25. The number of nitrogens with zero attached hydrogens (tertiary/aromatic N) is 1. The van der Waals surface area contributed by atoms with Crippen LogP contribution in [-0.4, -0.2) is 44.9 Å². The monoisotopic (exact) mass is 594 g/mol. The molecular weight excluding hydrogens is 564 g/mol. The number of anilines is 1. The smallest absolute Gasteiger partial charge is 0.267 e. The number of carbonyl (C=O) groups is 1. The third kappa shape index (κ3) is 6.20. The Morgan fingerprint density at radius 2 is 1.44 bits per heavy atom. The molecule has 1 aromatic heterocycles. The van der Waals surface area contributed by atoms with Gasteiger partial charge in [-0.2, -0.15) is 0 Å². The van der Waals surface area contributed by atoms with E-state index in [0.717, 1.165) is 26.5 Å². The van der Waals surface area contributed by atoms with Crippen LogP contribution < -0.4 is 29.0 Å². The van der Waals surface area contributed by atoms with Gasteiger partial charge >= 0.3 is 0 Å². The molecule has 0 fully saturated rings. The maximum atomic E-state index is 13.5. The summed E-state index contributed by atoms with van der Waals surface area (Å²) in [7, 11) is 6.32. The van der Waals surface area contributed by atoms with Crippen molar-refractivity contribution < 1.29 is 28.5 Å². The van der Waals surface area contributed by atoms with E-state index in [1.165, 1.54) is 0 Å². The highest BCUT2D eigenvalue weighted by Gasteiger charge is 2.31. The number of nitrogens with one attached hydrogen (secondary N) is 1. The molecular formula is C30H31BrN2O6. The number of hydrogen-bond acceptors (Lipinski definition) is 7. The number of hydrogen-bond donors (Lipinski definition) is 1. The molecule has 0 saturated carbocycles. The first kappa shape index (κ1) is 28.0. The van der Waals surface area contributed by atoms with Crippen molar-refractivity contribution in [3.8, 4) is 28.7 Å². The number of amides is 1. The number of methoxy groups -OCH3 is 4. The van der Waals surface area contributed by atoms with Crippen molar-refractivity contribution in [3.05, 3.63) is 76.5 Å². The van der Waals surface area contributed by atoms with Crippen LogP contribution in [0.25, 0.3) is 10.8 Å². The number of pyridine rings is 1. The molecule has 4 aromatic rings. The minimum absolute atomic E-state index is 0.323. The molecule has 0 unspecified atom stereocenters. The quantitative estimate of drug-likeness (QED) is 0.227. The van der Waals surface area contributed by atoms with Gasteiger partial charge in [0.05, 0.1) is 34.1 Å². The molecule has 0 aliphatic rings. The average Bonchev–Trinajstić information content (AvgIpc) is 2.94. The minimum atomic E-state index is -1.17. The summed E-state index contributed by atoms with van der Waals surface area (Å²) >= 11 is 3.41. The topological polar surface area (TPSA) is 88.1 Å². The number of carbonyl (C=O) groups excluding carboxylic acids is 1. The van der Waals surface area contributed by atoms with Crippen molar-refractivity contribution in [3.63, 3.8) is 0 Å². The normalized spacial score (nSPS) is 11.2. The lowest BCUT2D eigenvalue weighted by molar-refractivity contribution is -0.128. The maximum Gasteiger partial charge on any atom is 0.267 e. The largest absolute Gasteiger partial charge is 0.493 e. The van der Waals surface area contributed by atoms with Gasteiger partial charge in [-0.1, -0.05) is 15.9 Å². The fourth-order valence-electron chi connectivity index (χ4n) is 4.18. The molecule has 1 amide bonds. The Morgan fingerprint density at radius 3 is 2.08 bits per heavy atom. The van der Waals surface area contributed by atoms with E-state index in [4.69, 9.17) is 23.7 Å². The molecule has 4 rings (SSSR count). The minimum Gasteiger partial charge on any atom is -0.493 e. The molecule has 0 radical (unpaired) electrons. The SMILES string of the molecule is COc1cc(Cc2nccc3cc(OC)c(OC)cc23)c(NC(=O)C(C)(C)Oc2ccc(Br)cc2)cc1OC. The summed E-state index contributed by atoms with van der Waals surface area (Å²) in [6.45, 7) is 3.44. The number of benzene rings is 3. The van der Waals surface area contributed by atoms with Gasteiger partial charge < -0.3 is 29.0 Å². The second kappa shape index (κ2) is 11.8. The van der Waals surface area contributed by atoms with Crippen molar-refractivity contribution in [2.24, 2.45) is 0 Å². The molecule has 0 atom stereocenters. The van der Waals surface area contributed by atoms with Crippen molar-refractivity contribution in [1.29, 1.82) is 0 Å². The van der Waals surface area contributed by atoms with Gasteiger partial charge in [0.25, 0.3) is 5.91 Å². The van der Waals surface area contributed by atoms with E-state index in [9.17, 15) is 4.79 Å². The molecule has 1 N–H and O–H groups in total. The molecule has 204 valence electrons. The molecule has 39 heavy (non-hydrogen) atoms. The van der Waals surface area contributed by atoms with Crippen LogP contribution in [0.3, 0.4) is 0 Å². The zero-order valence-corrected chi connectivity index (χ0v) is 24.3. The zero-order chi connectivity index (χ0) is 28.2. The summed E-state index contributed by atoms with van der Waals surface area (Å²) in [5.41, 5.74) is 0.973. The summed E-state index contributed by atoms with van der Waals surface area (Å²) in [4.78, 5) is 18.1. The van der Waals surface area contributed by atoms with Crippen LogP contribution in [0.1, 0.15) is 25.1 Å². The van der Waals surface area contributed by atoms with Gasteiger partial charge in [-0.05, 0) is 73.3 Å². The van der Waals surface area contributed by atoms with Crippen molar-refractivity contribution in [2.75, 3.05) is 33.8 Å². The number of aromatic nitrogens is 1. The first-order chi connectivity index (χ1) is 18.7. The van der Waals surface area contributed by atoms with Crippen LogP contribution in [-0.2, 0) is 11.2 Å². The predicted octanol–water partition coefficient (Wildman–Crippen LogP) is 6.42. The summed E-state index contributed by atoms with van der Waals surface area (Å²) in [5, 5.41) is 4.89. The fourth-order valence-corrected chi connectivity index (χ4v) is 4.45. The van der Waals surface area contributed by atoms with Gasteiger partial charge in [-0.15, -0.1) is 0 Å². The Bertz CT molecular complexity index is 1490. The van der Waals surface area contributed by atoms with Crippen LogP contribution in [0, 0.1) is 0 Å². The van der Waals surface area contributed by atoms with E-state index >= 15 is 0 Å². The lowest BCUT2D eigenvalue weighted by Gasteiger charge is -2.26. The molecule has 0 aliphatic carbocycles. The van der Waals surface area contributed by atoms with Crippen LogP contribution in [0.4, 0.5) is 5.69 Å². The Hall–Kier alpha value is -3.98. The zero-order valence-electron chi connectivity index (χ0n) is 22.8. The average molecular weight is 595 g/mol. The van der Waals surface area contributed by atoms with E-state index in [0.29, 0.717) is 40.9 Å². The van der Waals surface area contributed by atoms with E-state index in [2.05, 4.69) is 26.2 Å². The summed E-state index contributed by atoms with van der Waals surface area (Å²) in [6, 6.07) is 16.7. The standard InChI is InChI=1S/C30H31BrN2O6/c1-30(2,39-21-9-7-20(31)8-10-21)29(34)33-23-17-28(38-6)26(36-4)15-19(23)13-24-22-16-27(37-5)25(35-3)14-18(22)11-12-32-24/h7-12,14-17H,13H2,1-6H3,(H,33,34). The van der Waals surface area contributed by atoms with Gasteiger partial charge in [0.15, 0.2) is 28.6 Å². The number of ether oxygens (including phenoxy) is 5. The second-order valence-corrected chi connectivity index (χ2v) is 10.2. The first-order valence-corrected chi connectivity index (χ1v) is 13.0. The lowest BCUT2D eigenvalue weighted by atomic mass is 10.0. The van der Waals surface area contributed by atoms with Crippen LogP contribution >= 0.6 is 15.9 Å². The summed E-state index contributed by atoms with van der Waals surface area (Å²) in [5.74, 6) is 2.52. The van der Waals surface area contributed by atoms with E-state index in [1.54, 1.807) is 66.7 Å². The van der Waals surface area contributed by atoms with Gasteiger partial charge in [0.1, 0.15) is 5.75 Å². The van der Waals surface area contributed by atoms with Gasteiger partial charge in [0.2, 0.25) is 0 Å². The third-order valence-corrected chi connectivity index (χ3v) is 6.83. The van der Waals surface area contributed by atoms with Crippen LogP contribution in [0.2, 0.25) is 0 Å². The number of halogens is 1. The Labute approximate surface area is 236 Å². The highest BCUT2D eigenvalue weighted by molar-refractivity contribution is 9.10. The fraction of sp³-hybridized carbons (Fsp3) is 0.267. The molecule has 0 aliphatic heterocycles. The molecule has 0 saturated heterocycles. The Morgan fingerprint density at radius 1 is 0.846 bits per heavy atom. The van der Waals surface area contributed by atoms with Crippen LogP contribution in [0.15, 0.2) is 65.3 Å². The highest BCUT2D eigenvalue weighted by atomic mass is 79.9. The van der Waals surface area contributed by atoms with E-state index in [-0.39, 0.29) is 5.91 Å². The van der Waals surface area contributed by atoms with Crippen molar-refractivity contribution in [1.82, 2.24) is 4.98 Å². The highest BCUT2D eigenvalue weighted by Crippen LogP contribution is 2.37. The summed E-state index contributed by atoms with van der Waals surface area (Å²) < 4.78 is 29.0. The molecule has 8 nitrogen and oxygen atoms in total. The van der Waals surface area contributed by atoms with Gasteiger partial charge in [-0.3, -0.25) is 9.78 Å². The first-order valence-electron chi connectivity index (χ1n) is 12.2. The molecule has 3 aromatic carbocycles. The van der Waals surface area contributed by atoms with E-state index < -0.39 is 5.60 Å². The summed E-state index contributed by atoms with van der Waals surface area (Å²) in [6.07, 6.45) is 2.15.